The lowest BCUT2D eigenvalue weighted by Crippen LogP contribution is -2.60. The van der Waals surface area contributed by atoms with Crippen LogP contribution >= 0.6 is 0 Å². The summed E-state index contributed by atoms with van der Waals surface area (Å²) in [5.41, 5.74) is 1.15. The van der Waals surface area contributed by atoms with Gasteiger partial charge in [-0.2, -0.15) is 4.80 Å². The molecule has 4 N–H and O–H groups in total. The molecular weight excluding hydrogens is 887 g/mol. The Kier molecular flexibility index (Phi) is 20.8. The van der Waals surface area contributed by atoms with Crippen molar-refractivity contribution >= 4 is 29.2 Å². The molecule has 17 nitrogen and oxygen atoms in total. The van der Waals surface area contributed by atoms with Gasteiger partial charge < -0.3 is 39.5 Å². The van der Waals surface area contributed by atoms with Crippen LogP contribution in [-0.2, 0) is 38.2 Å². The fraction of sp³-hybridized carbons (Fsp3) is 0.731. The van der Waals surface area contributed by atoms with E-state index in [1.165, 1.54) is 23.1 Å². The van der Waals surface area contributed by atoms with E-state index in [2.05, 4.69) is 15.4 Å². The summed E-state index contributed by atoms with van der Waals surface area (Å²) in [5.74, 6) is -8.75. The second-order valence-electron chi connectivity index (χ2n) is 20.7. The van der Waals surface area contributed by atoms with Crippen LogP contribution in [0.5, 0.6) is 0 Å². The highest BCUT2D eigenvalue weighted by atomic mass is 16.6. The van der Waals surface area contributed by atoms with Crippen LogP contribution in [0.4, 0.5) is 0 Å². The zero-order valence-corrected chi connectivity index (χ0v) is 42.0. The van der Waals surface area contributed by atoms with Crippen LogP contribution in [0.3, 0.4) is 0 Å². The summed E-state index contributed by atoms with van der Waals surface area (Å²) in [6.07, 6.45) is 13.7. The molecule has 1 amide bonds. The predicted molar refractivity (Wildman–Crippen MR) is 256 cm³/mol. The number of cyclic esters (lactones) is 1. The molecule has 69 heavy (non-hydrogen) atoms. The van der Waals surface area contributed by atoms with Crippen LogP contribution in [0, 0.1) is 47.3 Å². The lowest BCUT2D eigenvalue weighted by atomic mass is 9.74. The predicted octanol–water partition coefficient (Wildman–Crippen LogP) is 5.23. The second-order valence-corrected chi connectivity index (χ2v) is 20.7. The first kappa shape index (κ1) is 55.7. The average molecular weight is 966 g/mol. The van der Waals surface area contributed by atoms with Gasteiger partial charge in [0.2, 0.25) is 5.79 Å². The number of Topliss-reactive ketones (excluding diaryl/α,β-unsaturated/α-hetero) is 3. The minimum atomic E-state index is -2.47. The first-order chi connectivity index (χ1) is 32.8. The zero-order valence-electron chi connectivity index (χ0n) is 42.0. The van der Waals surface area contributed by atoms with E-state index in [1.807, 2.05) is 51.2 Å². The fourth-order valence-corrected chi connectivity index (χ4v) is 10.9. The van der Waals surface area contributed by atoms with Crippen molar-refractivity contribution in [3.63, 3.8) is 0 Å². The molecule has 4 aliphatic rings. The molecule has 3 aliphatic heterocycles. The van der Waals surface area contributed by atoms with Gasteiger partial charge in [0.25, 0.3) is 11.7 Å². The van der Waals surface area contributed by atoms with Crippen LogP contribution in [0.15, 0.2) is 53.9 Å². The number of piperidine rings is 1. The Morgan fingerprint density at radius 1 is 0.928 bits per heavy atom. The minimum Gasteiger partial charge on any atom is -0.460 e. The summed E-state index contributed by atoms with van der Waals surface area (Å²) in [4.78, 5) is 73.7. The number of rotatable bonds is 7. The van der Waals surface area contributed by atoms with Gasteiger partial charge >= 0.3 is 5.97 Å². The molecule has 0 spiro atoms. The molecule has 384 valence electrons. The number of allylic oxidation sites excluding steroid dienone is 6. The van der Waals surface area contributed by atoms with Crippen molar-refractivity contribution in [2.75, 3.05) is 26.9 Å². The third-order valence-electron chi connectivity index (χ3n) is 15.4. The van der Waals surface area contributed by atoms with Crippen molar-refractivity contribution in [1.82, 2.24) is 25.1 Å². The molecule has 2 bridgehead atoms. The number of carbonyl (C=O) groups is 5. The van der Waals surface area contributed by atoms with E-state index >= 15 is 0 Å². The third kappa shape index (κ3) is 14.2. The number of nitrogens with zero attached hydrogens (tertiary/aromatic N) is 5. The van der Waals surface area contributed by atoms with Crippen molar-refractivity contribution < 1.29 is 58.6 Å². The number of hydrogen-bond donors (Lipinski definition) is 4. The quantitative estimate of drug-likeness (QED) is 0.202. The summed E-state index contributed by atoms with van der Waals surface area (Å²) in [7, 11) is 1.38. The van der Waals surface area contributed by atoms with E-state index < -0.39 is 71.7 Å². The summed E-state index contributed by atoms with van der Waals surface area (Å²) in [6, 6.07) is -1.31. The normalized spacial score (nSPS) is 36.3. The largest absolute Gasteiger partial charge is 0.460 e. The maximum absolute atomic E-state index is 14.5. The number of aliphatic hydroxyl groups excluding tert-OH is 3. The number of ketones is 3. The summed E-state index contributed by atoms with van der Waals surface area (Å²) in [5, 5.41) is 56.4. The number of tetrazole rings is 1. The summed E-state index contributed by atoms with van der Waals surface area (Å²) < 4.78 is 18.0. The maximum atomic E-state index is 14.5. The molecular formula is C52H79N5O12. The maximum Gasteiger partial charge on any atom is 0.329 e. The number of methoxy groups -OCH3 is 1. The lowest BCUT2D eigenvalue weighted by Gasteiger charge is -2.43. The fourth-order valence-electron chi connectivity index (χ4n) is 10.9. The van der Waals surface area contributed by atoms with Crippen LogP contribution in [0.25, 0.3) is 0 Å². The number of hydrogen-bond acceptors (Lipinski definition) is 15. The van der Waals surface area contributed by atoms with Gasteiger partial charge in [-0.15, -0.1) is 10.2 Å². The van der Waals surface area contributed by atoms with E-state index in [4.69, 9.17) is 14.2 Å². The Bertz CT molecular complexity index is 2020. The number of fused-ring (bicyclic) bond motifs is 3. The third-order valence-corrected chi connectivity index (χ3v) is 15.4. The van der Waals surface area contributed by atoms with Gasteiger partial charge in [-0.3, -0.25) is 19.2 Å². The molecule has 1 aliphatic carbocycles. The van der Waals surface area contributed by atoms with Gasteiger partial charge in [0, 0.05) is 62.9 Å². The minimum absolute atomic E-state index is 0.000762. The van der Waals surface area contributed by atoms with Crippen LogP contribution in [0.2, 0.25) is 0 Å². The van der Waals surface area contributed by atoms with Crippen molar-refractivity contribution in [1.29, 1.82) is 0 Å². The van der Waals surface area contributed by atoms with Gasteiger partial charge in [-0.25, -0.2) is 4.79 Å². The molecule has 4 heterocycles. The standard InChI is InChI=1S/C52H79N5O12/c1-31-14-10-9-11-15-32(2)39(28-58)26-41-19-17-37(7)52(66,69-41)49(63)50(64)56-21-13-12-16-43(56)51(65)68-45(34(4)24-38-18-20-42(40(25-38)29-59)57-54-30-53-55-57)27-44(60)33(3)23-36(6)47(62)48(67-8)46(61)35(5)22-31/h9-11,14-15,23,30-31,34-43,45,47-48,58-59,62,66H,12-13,16-22,24-29H2,1-8H3/t31-,34-,35-,36?,37-,38+,39-,40+,41+,42+,43+,45+,47-,48+,52-/m1/s1. The Balaban J connectivity index is 1.46. The van der Waals surface area contributed by atoms with Crippen molar-refractivity contribution in [2.24, 2.45) is 47.3 Å². The Morgan fingerprint density at radius 2 is 1.68 bits per heavy atom. The smallest absolute Gasteiger partial charge is 0.329 e. The number of ether oxygens (including phenoxy) is 3. The summed E-state index contributed by atoms with van der Waals surface area (Å²) in [6.45, 7) is 12.3. The molecule has 3 fully saturated rings. The first-order valence-electron chi connectivity index (χ1n) is 25.2. The molecule has 0 aromatic carbocycles. The van der Waals surface area contributed by atoms with Crippen LogP contribution in [0.1, 0.15) is 132 Å². The van der Waals surface area contributed by atoms with Crippen molar-refractivity contribution in [3.05, 3.63) is 53.9 Å². The van der Waals surface area contributed by atoms with Crippen molar-refractivity contribution in [3.8, 4) is 0 Å². The van der Waals surface area contributed by atoms with E-state index in [1.54, 1.807) is 33.8 Å². The number of carbonyl (C=O) groups excluding carboxylic acids is 5. The number of amides is 1. The second kappa shape index (κ2) is 25.7. The molecule has 0 radical (unpaired) electrons. The van der Waals surface area contributed by atoms with Gasteiger partial charge in [0.15, 0.2) is 17.9 Å². The molecule has 1 saturated carbocycles. The van der Waals surface area contributed by atoms with Gasteiger partial charge in [0.1, 0.15) is 18.2 Å². The number of esters is 1. The van der Waals surface area contributed by atoms with Crippen LogP contribution in [-0.4, -0.2) is 138 Å². The Hall–Kier alpha value is -4.26. The van der Waals surface area contributed by atoms with E-state index in [0.717, 1.165) is 12.0 Å². The molecule has 1 aromatic rings. The van der Waals surface area contributed by atoms with Crippen LogP contribution < -0.4 is 0 Å². The first-order valence-corrected chi connectivity index (χ1v) is 25.2. The van der Waals surface area contributed by atoms with Gasteiger partial charge in [0.05, 0.1) is 18.2 Å². The zero-order chi connectivity index (χ0) is 50.6. The van der Waals surface area contributed by atoms with Crippen molar-refractivity contribution in [2.45, 2.75) is 168 Å². The molecule has 2 saturated heterocycles. The SMILES string of the molecule is CO[C@H]1C(=O)[C@H](C)C[C@H](C)C=CC=CC=C(C)[C@@H](CO)C[C@@H]2CC[C@@H](C)[C@@](O)(O2)C(=O)C(=O)N2CCCC[C@H]2C(=O)O[C@H]([C@H](C)C[C@@H]2CC[C@H](n3ncnn3)[C@H](CO)C2)CC(=O)C(C)=CC(C)[C@H]1O. The molecule has 15 atom stereocenters. The average Bonchev–Trinajstić information content (AvgIpc) is 3.88. The highest BCUT2D eigenvalue weighted by Crippen LogP contribution is 2.41. The Morgan fingerprint density at radius 3 is 2.36 bits per heavy atom. The number of aliphatic hydroxyl groups is 4. The van der Waals surface area contributed by atoms with E-state index in [0.29, 0.717) is 56.9 Å². The summed E-state index contributed by atoms with van der Waals surface area (Å²) >= 11 is 0. The number of aromatic nitrogens is 4. The highest BCUT2D eigenvalue weighted by molar-refractivity contribution is 6.39. The molecule has 17 heteroatoms. The molecule has 5 rings (SSSR count). The van der Waals surface area contributed by atoms with Gasteiger partial charge in [-0.05, 0) is 113 Å². The topological polar surface area (TPSA) is 241 Å². The van der Waals surface area contributed by atoms with Gasteiger partial charge in [-0.1, -0.05) is 76.6 Å². The van der Waals surface area contributed by atoms with E-state index in [9.17, 15) is 44.4 Å². The van der Waals surface area contributed by atoms with E-state index in [-0.39, 0.29) is 86.2 Å². The monoisotopic (exact) mass is 966 g/mol. The Labute approximate surface area is 407 Å². The molecule has 1 unspecified atom stereocenters. The molecule has 1 aromatic heterocycles. The highest BCUT2D eigenvalue weighted by Gasteiger charge is 2.53. The lowest BCUT2D eigenvalue weighted by molar-refractivity contribution is -0.265.